The van der Waals surface area contributed by atoms with Crippen molar-refractivity contribution in [1.29, 1.82) is 0 Å². The second-order valence-electron chi connectivity index (χ2n) is 6.30. The van der Waals surface area contributed by atoms with Gasteiger partial charge >= 0.3 is 18.4 Å². The van der Waals surface area contributed by atoms with Crippen LogP contribution >= 0.6 is 23.2 Å². The lowest BCUT2D eigenvalue weighted by Gasteiger charge is -2.13. The van der Waals surface area contributed by atoms with Gasteiger partial charge in [0.25, 0.3) is 0 Å². The molecule has 0 amide bonds. The molecular weight excluding hydrogens is 463 g/mol. The van der Waals surface area contributed by atoms with Gasteiger partial charge in [0.05, 0.1) is 27.1 Å². The summed E-state index contributed by atoms with van der Waals surface area (Å²) in [4.78, 5) is 7.17. The molecule has 0 aliphatic rings. The maximum absolute atomic E-state index is 13.6. The lowest BCUT2D eigenvalue weighted by atomic mass is 10.2. The lowest BCUT2D eigenvalue weighted by Crippen LogP contribution is -2.14. The van der Waals surface area contributed by atoms with E-state index < -0.39 is 62.6 Å². The Balaban J connectivity index is 2.31. The number of nitrogens with two attached hydrogens (primary N) is 1. The van der Waals surface area contributed by atoms with Crippen LogP contribution < -0.4 is 10.5 Å². The minimum absolute atomic E-state index is 0.346. The molecule has 2 aromatic heterocycles. The first-order valence-corrected chi connectivity index (χ1v) is 8.82. The number of fused-ring (bicyclic) bond motifs is 1. The maximum atomic E-state index is 13.6. The van der Waals surface area contributed by atoms with E-state index >= 15 is 0 Å². The molecule has 0 fully saturated rings. The highest BCUT2D eigenvalue weighted by Gasteiger charge is 2.39. The van der Waals surface area contributed by atoms with E-state index in [0.29, 0.717) is 16.8 Å². The highest BCUT2D eigenvalue weighted by molar-refractivity contribution is 6.38. The van der Waals surface area contributed by atoms with Gasteiger partial charge in [-0.25, -0.2) is 4.68 Å². The summed E-state index contributed by atoms with van der Waals surface area (Å²) in [7, 11) is 0. The Morgan fingerprint density at radius 2 is 1.57 bits per heavy atom. The molecule has 1 aromatic carbocycles. The zero-order valence-electron chi connectivity index (χ0n) is 15.0. The summed E-state index contributed by atoms with van der Waals surface area (Å²) in [6, 6.07) is 0.509. The van der Waals surface area contributed by atoms with Gasteiger partial charge in [0.15, 0.2) is 11.3 Å². The Hall–Kier alpha value is -2.47. The molecule has 0 saturated heterocycles. The van der Waals surface area contributed by atoms with Crippen molar-refractivity contribution in [3.05, 3.63) is 33.4 Å². The van der Waals surface area contributed by atoms with Gasteiger partial charge < -0.3 is 10.5 Å². The minimum atomic E-state index is -4.95. The highest BCUT2D eigenvalue weighted by Crippen LogP contribution is 2.41. The Morgan fingerprint density at radius 3 is 2.03 bits per heavy atom. The van der Waals surface area contributed by atoms with Gasteiger partial charge in [0.1, 0.15) is 11.5 Å². The normalized spacial score (nSPS) is 12.8. The molecule has 2 heterocycles. The number of aromatic nitrogens is 4. The van der Waals surface area contributed by atoms with Crippen LogP contribution in [0.1, 0.15) is 25.1 Å². The van der Waals surface area contributed by atoms with Crippen LogP contribution in [0.2, 0.25) is 10.0 Å². The second-order valence-corrected chi connectivity index (χ2v) is 7.12. The molecule has 30 heavy (non-hydrogen) atoms. The van der Waals surface area contributed by atoms with Crippen LogP contribution in [0, 0.1) is 0 Å². The van der Waals surface area contributed by atoms with E-state index in [4.69, 9.17) is 33.7 Å². The summed E-state index contributed by atoms with van der Waals surface area (Å²) < 4.78 is 85.3. The monoisotopic (exact) mass is 473 g/mol. The van der Waals surface area contributed by atoms with Crippen LogP contribution in [-0.4, -0.2) is 25.9 Å². The summed E-state index contributed by atoms with van der Waals surface area (Å²) in [5.74, 6) is -0.614. The van der Waals surface area contributed by atoms with Crippen molar-refractivity contribution < 1.29 is 31.1 Å². The molecular formula is C16H11Cl2F6N5O. The Labute approximate surface area is 174 Å². The zero-order chi connectivity index (χ0) is 22.6. The summed E-state index contributed by atoms with van der Waals surface area (Å²) in [6.07, 6.45) is -10.2. The lowest BCUT2D eigenvalue weighted by molar-refractivity contribution is -0.140. The minimum Gasteiger partial charge on any atom is -0.461 e. The average Bonchev–Trinajstić information content (AvgIpc) is 2.88. The molecule has 0 aliphatic carbocycles. The molecule has 3 aromatic rings. The largest absolute Gasteiger partial charge is 0.461 e. The van der Waals surface area contributed by atoms with Gasteiger partial charge in [0.2, 0.25) is 0 Å². The van der Waals surface area contributed by atoms with Crippen LogP contribution in [0.25, 0.3) is 16.7 Å². The predicted molar refractivity (Wildman–Crippen MR) is 96.9 cm³/mol. The topological polar surface area (TPSA) is 78.9 Å². The molecule has 162 valence electrons. The molecule has 0 aliphatic heterocycles. The first-order valence-electron chi connectivity index (χ1n) is 8.07. The van der Waals surface area contributed by atoms with Crippen molar-refractivity contribution in [2.24, 2.45) is 0 Å². The van der Waals surface area contributed by atoms with E-state index in [9.17, 15) is 26.3 Å². The average molecular weight is 474 g/mol. The molecule has 0 unspecified atom stereocenters. The fourth-order valence-electron chi connectivity index (χ4n) is 2.56. The van der Waals surface area contributed by atoms with Gasteiger partial charge in [-0.2, -0.15) is 36.3 Å². The number of hydrogen-bond donors (Lipinski definition) is 1. The fraction of sp³-hybridized carbons (Fsp3) is 0.312. The third kappa shape index (κ3) is 4.06. The second kappa shape index (κ2) is 7.34. The molecule has 0 atom stereocenters. The fourth-order valence-corrected chi connectivity index (χ4v) is 3.21. The third-order valence-electron chi connectivity index (χ3n) is 3.71. The molecule has 0 bridgehead atoms. The standard InChI is InChI=1S/C16H11Cl2F6N5O/c1-5(2)30-14-26-11(16(22,23)24)9-12(25)29(28-13(9)27-14)10-7(17)3-6(4-8(10)18)15(19,20)21/h3-5H,25H2,1-2H3. The van der Waals surface area contributed by atoms with E-state index in [2.05, 4.69) is 15.1 Å². The number of halogens is 8. The zero-order valence-corrected chi connectivity index (χ0v) is 16.5. The molecule has 0 radical (unpaired) electrons. The van der Waals surface area contributed by atoms with Gasteiger partial charge in [0, 0.05) is 0 Å². The van der Waals surface area contributed by atoms with E-state index in [1.807, 2.05) is 0 Å². The van der Waals surface area contributed by atoms with E-state index in [1.54, 1.807) is 13.8 Å². The number of alkyl halides is 6. The first kappa shape index (κ1) is 22.2. The van der Waals surface area contributed by atoms with E-state index in [1.165, 1.54) is 0 Å². The van der Waals surface area contributed by atoms with Crippen LogP contribution in [0.3, 0.4) is 0 Å². The van der Waals surface area contributed by atoms with Gasteiger partial charge in [-0.15, -0.1) is 5.10 Å². The number of anilines is 1. The number of nitrogens with zero attached hydrogens (tertiary/aromatic N) is 4. The van der Waals surface area contributed by atoms with E-state index in [-0.39, 0.29) is 5.69 Å². The molecule has 2 N–H and O–H groups in total. The third-order valence-corrected chi connectivity index (χ3v) is 4.29. The van der Waals surface area contributed by atoms with Crippen LogP contribution in [0.15, 0.2) is 12.1 Å². The van der Waals surface area contributed by atoms with Crippen molar-refractivity contribution in [1.82, 2.24) is 19.7 Å². The van der Waals surface area contributed by atoms with Gasteiger partial charge in [-0.1, -0.05) is 23.2 Å². The molecule has 0 saturated carbocycles. The van der Waals surface area contributed by atoms with Crippen LogP contribution in [0.5, 0.6) is 6.01 Å². The smallest absolute Gasteiger partial charge is 0.434 e. The highest BCUT2D eigenvalue weighted by atomic mass is 35.5. The Bertz CT molecular complexity index is 1100. The maximum Gasteiger partial charge on any atom is 0.434 e. The van der Waals surface area contributed by atoms with Crippen LogP contribution in [0.4, 0.5) is 32.2 Å². The number of rotatable bonds is 3. The predicted octanol–water partition coefficient (Wildman–Crippen LogP) is 5.53. The summed E-state index contributed by atoms with van der Waals surface area (Å²) in [5.41, 5.74) is 2.40. The van der Waals surface area contributed by atoms with Crippen molar-refractivity contribution in [3.8, 4) is 11.7 Å². The molecule has 14 heteroatoms. The van der Waals surface area contributed by atoms with Crippen LogP contribution in [-0.2, 0) is 12.4 Å². The molecule has 0 spiro atoms. The van der Waals surface area contributed by atoms with Crippen molar-refractivity contribution in [2.45, 2.75) is 32.3 Å². The Kier molecular flexibility index (Phi) is 5.44. The summed E-state index contributed by atoms with van der Waals surface area (Å²) in [5, 5.41) is 2.11. The quantitative estimate of drug-likeness (QED) is 0.506. The summed E-state index contributed by atoms with van der Waals surface area (Å²) >= 11 is 11.8. The van der Waals surface area contributed by atoms with Crippen molar-refractivity contribution in [3.63, 3.8) is 0 Å². The number of nitrogen functional groups attached to an aromatic ring is 1. The molecule has 3 rings (SSSR count). The number of hydrogen-bond acceptors (Lipinski definition) is 5. The SMILES string of the molecule is CC(C)Oc1nc(C(F)(F)F)c2c(N)n(-c3c(Cl)cc(C(F)(F)F)cc3Cl)nc2n1. The summed E-state index contributed by atoms with van der Waals surface area (Å²) in [6.45, 7) is 3.10. The molecule has 6 nitrogen and oxygen atoms in total. The Morgan fingerprint density at radius 1 is 1.00 bits per heavy atom. The van der Waals surface area contributed by atoms with Crippen molar-refractivity contribution >= 4 is 40.1 Å². The number of benzene rings is 1. The van der Waals surface area contributed by atoms with Gasteiger partial charge in [-0.3, -0.25) is 0 Å². The van der Waals surface area contributed by atoms with Gasteiger partial charge in [-0.05, 0) is 26.0 Å². The van der Waals surface area contributed by atoms with E-state index in [0.717, 1.165) is 0 Å². The number of ether oxygens (including phenoxy) is 1. The first-order chi connectivity index (χ1) is 13.7. The van der Waals surface area contributed by atoms with Crippen molar-refractivity contribution in [2.75, 3.05) is 5.73 Å².